The van der Waals surface area contributed by atoms with Gasteiger partial charge in [0.05, 0.1) is 5.69 Å². The number of amidine groups is 1. The molecule has 0 aromatic heterocycles. The summed E-state index contributed by atoms with van der Waals surface area (Å²) in [4.78, 5) is 28.4. The number of rotatable bonds is 5. The molecule has 2 bridgehead atoms. The molecule has 4 atom stereocenters. The predicted octanol–water partition coefficient (Wildman–Crippen LogP) is 8.19. The number of amides is 2. The summed E-state index contributed by atoms with van der Waals surface area (Å²) < 4.78 is 0. The maximum Gasteiger partial charge on any atom is 0.243 e. The molecule has 1 saturated heterocycles. The molecule has 3 aromatic carbocycles. The van der Waals surface area contributed by atoms with E-state index in [1.165, 1.54) is 0 Å². The summed E-state index contributed by atoms with van der Waals surface area (Å²) >= 11 is 14.2. The minimum Gasteiger partial charge on any atom is -0.302 e. The molecule has 9 heteroatoms. The van der Waals surface area contributed by atoms with E-state index in [-0.39, 0.29) is 35.7 Å². The van der Waals surface area contributed by atoms with Crippen LogP contribution in [0.3, 0.4) is 0 Å². The number of hydrogen-bond donors (Lipinski definition) is 1. The van der Waals surface area contributed by atoms with Gasteiger partial charge in [0.25, 0.3) is 0 Å². The Bertz CT molecular complexity index is 1420. The van der Waals surface area contributed by atoms with Crippen molar-refractivity contribution in [2.75, 3.05) is 4.90 Å². The van der Waals surface area contributed by atoms with E-state index >= 15 is 0 Å². The summed E-state index contributed by atoms with van der Waals surface area (Å²) in [5, 5.41) is 12.7. The number of carbonyl (C=O) groups is 2. The van der Waals surface area contributed by atoms with E-state index < -0.39 is 4.87 Å². The lowest BCUT2D eigenvalue weighted by atomic mass is 9.64. The first-order chi connectivity index (χ1) is 20.4. The molecular weight excluding hydrogens is 587 g/mol. The maximum absolute atomic E-state index is 13.9. The number of benzene rings is 3. The fourth-order valence-electron chi connectivity index (χ4n) is 6.91. The number of anilines is 1. The summed E-state index contributed by atoms with van der Waals surface area (Å²) in [7, 11) is 0. The van der Waals surface area contributed by atoms with E-state index in [9.17, 15) is 9.59 Å². The zero-order valence-corrected chi connectivity index (χ0v) is 26.0. The molecule has 1 aliphatic carbocycles. The topological polar surface area (TPSA) is 65.0 Å². The zero-order valence-electron chi connectivity index (χ0n) is 23.7. The highest BCUT2D eigenvalue weighted by molar-refractivity contribution is 8.15. The summed E-state index contributed by atoms with van der Waals surface area (Å²) in [6.07, 6.45) is 3.50. The highest BCUT2D eigenvalue weighted by Crippen LogP contribution is 2.63. The first-order valence-electron chi connectivity index (χ1n) is 14.6. The Balaban J connectivity index is 1.53. The standard InChI is InChI=1S/C33H34Cl2N4O2S/c1-3-28(40)38(25-9-6-5-7-10-25)32-37-39(29(41)4-2)33(42-32)26-11-8-12-27(33)31(22-15-19-24(35)20-16-22)36-30(26)21-13-17-23(34)18-14-21/h5-7,9-10,13-20,26-27,30-31,36H,3-4,8,11-12H2,1-2H3. The van der Waals surface area contributed by atoms with Gasteiger partial charge in [0.15, 0.2) is 5.17 Å². The lowest BCUT2D eigenvalue weighted by Gasteiger charge is -2.59. The second-order valence-electron chi connectivity index (χ2n) is 11.1. The highest BCUT2D eigenvalue weighted by Gasteiger charge is 2.65. The second-order valence-corrected chi connectivity index (χ2v) is 13.2. The van der Waals surface area contributed by atoms with E-state index in [0.29, 0.717) is 28.1 Å². The molecule has 2 aliphatic heterocycles. The Morgan fingerprint density at radius 2 is 1.43 bits per heavy atom. The van der Waals surface area contributed by atoms with Crippen molar-refractivity contribution < 1.29 is 9.59 Å². The van der Waals surface area contributed by atoms with Crippen LogP contribution in [-0.4, -0.2) is 26.9 Å². The van der Waals surface area contributed by atoms with Crippen LogP contribution in [0.15, 0.2) is 84.0 Å². The number of piperidine rings is 1. The third kappa shape index (κ3) is 5.04. The van der Waals surface area contributed by atoms with Gasteiger partial charge < -0.3 is 5.32 Å². The molecule has 1 saturated carbocycles. The first-order valence-corrected chi connectivity index (χ1v) is 16.2. The minimum atomic E-state index is -0.693. The van der Waals surface area contributed by atoms with Crippen LogP contribution in [0.4, 0.5) is 5.69 Å². The second kappa shape index (κ2) is 12.0. The fourth-order valence-corrected chi connectivity index (χ4v) is 8.91. The first kappa shape index (κ1) is 29.2. The molecule has 42 heavy (non-hydrogen) atoms. The van der Waals surface area contributed by atoms with Crippen LogP contribution in [0, 0.1) is 11.8 Å². The van der Waals surface area contributed by atoms with Crippen molar-refractivity contribution in [2.24, 2.45) is 16.9 Å². The molecule has 1 spiro atoms. The van der Waals surface area contributed by atoms with Crippen LogP contribution in [0.5, 0.6) is 0 Å². The molecule has 0 radical (unpaired) electrons. The molecular formula is C33H34Cl2N4O2S. The normalized spacial score (nSPS) is 26.7. The van der Waals surface area contributed by atoms with Crippen LogP contribution in [-0.2, 0) is 9.59 Å². The number of hydrogen-bond acceptors (Lipinski definition) is 5. The summed E-state index contributed by atoms with van der Waals surface area (Å²) in [6.45, 7) is 3.74. The van der Waals surface area contributed by atoms with Gasteiger partial charge >= 0.3 is 0 Å². The van der Waals surface area contributed by atoms with Crippen molar-refractivity contribution in [1.82, 2.24) is 10.3 Å². The van der Waals surface area contributed by atoms with Crippen molar-refractivity contribution in [3.05, 3.63) is 100 Å². The summed E-state index contributed by atoms with van der Waals surface area (Å²) in [6, 6.07) is 25.5. The smallest absolute Gasteiger partial charge is 0.243 e. The number of thioether (sulfide) groups is 1. The molecule has 2 heterocycles. The number of nitrogens with zero attached hydrogens (tertiary/aromatic N) is 3. The molecule has 3 aliphatic rings. The third-order valence-electron chi connectivity index (χ3n) is 8.78. The number of para-hydroxylation sites is 1. The maximum atomic E-state index is 13.9. The van der Waals surface area contributed by atoms with E-state index in [4.69, 9.17) is 28.3 Å². The van der Waals surface area contributed by atoms with Gasteiger partial charge in [-0.1, -0.05) is 97.7 Å². The van der Waals surface area contributed by atoms with Crippen molar-refractivity contribution in [2.45, 2.75) is 62.9 Å². The summed E-state index contributed by atoms with van der Waals surface area (Å²) in [5.74, 6) is -0.0249. The molecule has 218 valence electrons. The van der Waals surface area contributed by atoms with Crippen LogP contribution < -0.4 is 10.2 Å². The molecule has 6 rings (SSSR count). The average Bonchev–Trinajstić information content (AvgIpc) is 3.37. The average molecular weight is 622 g/mol. The summed E-state index contributed by atoms with van der Waals surface area (Å²) in [5.41, 5.74) is 2.98. The quantitative estimate of drug-likeness (QED) is 0.312. The van der Waals surface area contributed by atoms with Crippen LogP contribution in [0.25, 0.3) is 0 Å². The predicted molar refractivity (Wildman–Crippen MR) is 171 cm³/mol. The fraction of sp³-hybridized carbons (Fsp3) is 0.364. The lowest BCUT2D eigenvalue weighted by Crippen LogP contribution is -2.65. The van der Waals surface area contributed by atoms with Crippen LogP contribution in [0.2, 0.25) is 10.0 Å². The highest BCUT2D eigenvalue weighted by atomic mass is 35.5. The van der Waals surface area contributed by atoms with Crippen molar-refractivity contribution in [1.29, 1.82) is 0 Å². The Morgan fingerprint density at radius 1 is 0.881 bits per heavy atom. The Morgan fingerprint density at radius 3 is 1.93 bits per heavy atom. The van der Waals surface area contributed by atoms with Gasteiger partial charge in [-0.05, 0) is 60.4 Å². The van der Waals surface area contributed by atoms with Crippen LogP contribution in [0.1, 0.15) is 69.2 Å². The number of halogens is 2. The number of hydrazone groups is 1. The van der Waals surface area contributed by atoms with E-state index in [0.717, 1.165) is 36.1 Å². The largest absolute Gasteiger partial charge is 0.302 e. The van der Waals surface area contributed by atoms with E-state index in [1.54, 1.807) is 21.7 Å². The molecule has 2 fully saturated rings. The van der Waals surface area contributed by atoms with Crippen molar-refractivity contribution >= 4 is 57.6 Å². The Kier molecular flexibility index (Phi) is 8.38. The van der Waals surface area contributed by atoms with Gasteiger partial charge in [0.2, 0.25) is 11.8 Å². The Labute approximate surface area is 261 Å². The van der Waals surface area contributed by atoms with Gasteiger partial charge in [-0.15, -0.1) is 5.10 Å². The van der Waals surface area contributed by atoms with E-state index in [2.05, 4.69) is 29.6 Å². The lowest BCUT2D eigenvalue weighted by molar-refractivity contribution is -0.142. The SMILES string of the molecule is CCC(=O)N(C1=NN(C(=O)CC)C2(S1)C1CCCC2C(c2ccc(Cl)cc2)NC1c1ccc(Cl)cc1)c1ccccc1. The van der Waals surface area contributed by atoms with Crippen LogP contribution >= 0.6 is 35.0 Å². The molecule has 1 N–H and O–H groups in total. The molecule has 6 nitrogen and oxygen atoms in total. The Hall–Kier alpha value is -2.84. The molecule has 3 aromatic rings. The van der Waals surface area contributed by atoms with E-state index in [1.807, 2.05) is 68.4 Å². The van der Waals surface area contributed by atoms with Gasteiger partial charge in [-0.25, -0.2) is 5.01 Å². The third-order valence-corrected chi connectivity index (χ3v) is 10.8. The van der Waals surface area contributed by atoms with Gasteiger partial charge in [0.1, 0.15) is 4.87 Å². The van der Waals surface area contributed by atoms with Crippen molar-refractivity contribution in [3.63, 3.8) is 0 Å². The molecule has 2 amide bonds. The monoisotopic (exact) mass is 620 g/mol. The number of nitrogens with one attached hydrogen (secondary N) is 1. The van der Waals surface area contributed by atoms with Crippen molar-refractivity contribution in [3.8, 4) is 0 Å². The molecule has 4 unspecified atom stereocenters. The zero-order chi connectivity index (χ0) is 29.4. The number of carbonyl (C=O) groups excluding carboxylic acids is 2. The van der Waals surface area contributed by atoms with Gasteiger partial charge in [0, 0.05) is 46.8 Å². The minimum absolute atomic E-state index is 0.0390. The van der Waals surface area contributed by atoms with Gasteiger partial charge in [-0.3, -0.25) is 14.5 Å². The van der Waals surface area contributed by atoms with Gasteiger partial charge in [-0.2, -0.15) is 0 Å².